The fourth-order valence-corrected chi connectivity index (χ4v) is 3.43. The zero-order valence-electron chi connectivity index (χ0n) is 16.1. The summed E-state index contributed by atoms with van der Waals surface area (Å²) in [4.78, 5) is 3.17. The quantitative estimate of drug-likeness (QED) is 0.492. The molecule has 0 radical (unpaired) electrons. The fraction of sp³-hybridized carbons (Fsp3) is 0.700. The molecule has 1 heterocycles. The van der Waals surface area contributed by atoms with Crippen molar-refractivity contribution in [1.29, 1.82) is 0 Å². The van der Waals surface area contributed by atoms with Gasteiger partial charge in [0.1, 0.15) is 51.2 Å². The van der Waals surface area contributed by atoms with E-state index in [1.165, 1.54) is 30.1 Å². The van der Waals surface area contributed by atoms with Crippen LogP contribution in [0.3, 0.4) is 0 Å². The van der Waals surface area contributed by atoms with E-state index in [1.54, 1.807) is 4.90 Å². The van der Waals surface area contributed by atoms with E-state index in [1.807, 2.05) is 18.2 Å². The summed E-state index contributed by atoms with van der Waals surface area (Å²) in [5, 5.41) is 10.2. The van der Waals surface area contributed by atoms with Crippen molar-refractivity contribution in [3.05, 3.63) is 29.8 Å². The molecule has 0 unspecified atom stereocenters. The molecular weight excluding hydrogens is 316 g/mol. The number of piperazine rings is 1. The van der Waals surface area contributed by atoms with Crippen molar-refractivity contribution in [2.24, 2.45) is 0 Å². The Morgan fingerprint density at radius 3 is 2.40 bits per heavy atom. The van der Waals surface area contributed by atoms with Gasteiger partial charge in [0.2, 0.25) is 0 Å². The summed E-state index contributed by atoms with van der Waals surface area (Å²) in [5.74, 6) is 1.37. The van der Waals surface area contributed by atoms with E-state index in [0.717, 1.165) is 25.4 Å². The number of rotatable bonds is 10. The van der Waals surface area contributed by atoms with Crippen LogP contribution in [0.2, 0.25) is 0 Å². The van der Waals surface area contributed by atoms with Gasteiger partial charge in [-0.3, -0.25) is 0 Å². The average molecular weight is 353 g/mol. The Morgan fingerprint density at radius 1 is 1.04 bits per heavy atom. The van der Waals surface area contributed by atoms with Gasteiger partial charge in [0.15, 0.2) is 0 Å². The molecule has 1 aliphatic rings. The SMILES string of the molecule is CC[NH+]1CC[NH+](C[C@H](O)COCCOc2ccccc2C(C)C)CC1. The Bertz CT molecular complexity index is 488. The third-order valence-electron chi connectivity index (χ3n) is 5.03. The third-order valence-corrected chi connectivity index (χ3v) is 5.03. The van der Waals surface area contributed by atoms with Gasteiger partial charge in [0, 0.05) is 0 Å². The van der Waals surface area contributed by atoms with E-state index in [2.05, 4.69) is 26.8 Å². The Kier molecular flexibility index (Phi) is 8.68. The van der Waals surface area contributed by atoms with Gasteiger partial charge in [-0.05, 0) is 24.5 Å². The van der Waals surface area contributed by atoms with Crippen molar-refractivity contribution >= 4 is 0 Å². The van der Waals surface area contributed by atoms with Crippen molar-refractivity contribution < 1.29 is 24.4 Å². The minimum absolute atomic E-state index is 0.388. The third kappa shape index (κ3) is 6.94. The maximum Gasteiger partial charge on any atom is 0.127 e. The fourth-order valence-electron chi connectivity index (χ4n) is 3.43. The second kappa shape index (κ2) is 10.8. The van der Waals surface area contributed by atoms with E-state index in [-0.39, 0.29) is 6.10 Å². The number of benzene rings is 1. The van der Waals surface area contributed by atoms with Crippen LogP contribution in [0.15, 0.2) is 24.3 Å². The average Bonchev–Trinajstić information content (AvgIpc) is 2.62. The summed E-state index contributed by atoms with van der Waals surface area (Å²) in [5.41, 5.74) is 1.22. The first kappa shape index (κ1) is 20.2. The second-order valence-electron chi connectivity index (χ2n) is 7.33. The van der Waals surface area contributed by atoms with Crippen molar-refractivity contribution in [2.45, 2.75) is 32.8 Å². The molecule has 0 saturated carbocycles. The highest BCUT2D eigenvalue weighted by molar-refractivity contribution is 5.35. The molecule has 0 amide bonds. The number of ether oxygens (including phenoxy) is 2. The first-order valence-corrected chi connectivity index (χ1v) is 9.74. The molecule has 1 saturated heterocycles. The Hall–Kier alpha value is -1.14. The predicted molar refractivity (Wildman–Crippen MR) is 99.7 cm³/mol. The second-order valence-corrected chi connectivity index (χ2v) is 7.33. The van der Waals surface area contributed by atoms with Crippen LogP contribution in [-0.4, -0.2) is 70.3 Å². The van der Waals surface area contributed by atoms with E-state index < -0.39 is 0 Å². The molecule has 5 nitrogen and oxygen atoms in total. The molecule has 25 heavy (non-hydrogen) atoms. The van der Waals surface area contributed by atoms with Crippen molar-refractivity contribution in [3.8, 4) is 5.75 Å². The van der Waals surface area contributed by atoms with Gasteiger partial charge in [-0.15, -0.1) is 0 Å². The van der Waals surface area contributed by atoms with E-state index in [9.17, 15) is 5.11 Å². The normalized spacial score (nSPS) is 22.1. The zero-order chi connectivity index (χ0) is 18.1. The zero-order valence-corrected chi connectivity index (χ0v) is 16.1. The number of hydrogen-bond acceptors (Lipinski definition) is 3. The number of likely N-dealkylation sites (N-methyl/N-ethyl adjacent to an activating group) is 1. The van der Waals surface area contributed by atoms with Crippen LogP contribution in [0.5, 0.6) is 5.75 Å². The maximum absolute atomic E-state index is 10.2. The highest BCUT2D eigenvalue weighted by atomic mass is 16.5. The summed E-state index contributed by atoms with van der Waals surface area (Å²) in [6.07, 6.45) is -0.388. The number of nitrogens with one attached hydrogen (secondary N) is 2. The lowest BCUT2D eigenvalue weighted by molar-refractivity contribution is -1.01. The van der Waals surface area contributed by atoms with E-state index >= 15 is 0 Å². The van der Waals surface area contributed by atoms with Gasteiger partial charge < -0.3 is 24.4 Å². The summed E-state index contributed by atoms with van der Waals surface area (Å²) < 4.78 is 11.4. The monoisotopic (exact) mass is 352 g/mol. The van der Waals surface area contributed by atoms with Gasteiger partial charge in [-0.1, -0.05) is 32.0 Å². The molecule has 1 aliphatic heterocycles. The standard InChI is InChI=1S/C20H34N2O3/c1-4-21-9-11-22(12-10-21)15-18(23)16-24-13-14-25-20-8-6-5-7-19(20)17(2)3/h5-8,17-18,23H,4,9-16H2,1-3H3/p+2/t18-/m0/s1. The first-order chi connectivity index (χ1) is 12.1. The first-order valence-electron chi connectivity index (χ1n) is 9.74. The summed E-state index contributed by atoms with van der Waals surface area (Å²) in [6, 6.07) is 8.15. The lowest BCUT2D eigenvalue weighted by atomic mass is 10.0. The van der Waals surface area contributed by atoms with Crippen molar-refractivity contribution in [1.82, 2.24) is 0 Å². The molecule has 0 bridgehead atoms. The highest BCUT2D eigenvalue weighted by Gasteiger charge is 2.23. The van der Waals surface area contributed by atoms with Crippen LogP contribution in [-0.2, 0) is 4.74 Å². The van der Waals surface area contributed by atoms with Gasteiger partial charge in [0.05, 0.1) is 19.8 Å². The molecule has 0 aliphatic carbocycles. The highest BCUT2D eigenvalue weighted by Crippen LogP contribution is 2.25. The molecule has 1 atom stereocenters. The molecule has 5 heteroatoms. The van der Waals surface area contributed by atoms with Crippen LogP contribution < -0.4 is 14.5 Å². The number of quaternary nitrogens is 2. The molecule has 142 valence electrons. The summed E-state index contributed by atoms with van der Waals surface area (Å²) in [7, 11) is 0. The summed E-state index contributed by atoms with van der Waals surface area (Å²) >= 11 is 0. The number of aliphatic hydroxyl groups excluding tert-OH is 1. The molecule has 3 N–H and O–H groups in total. The molecule has 1 fully saturated rings. The van der Waals surface area contributed by atoms with Gasteiger partial charge in [-0.2, -0.15) is 0 Å². The lowest BCUT2D eigenvalue weighted by Gasteiger charge is -2.30. The smallest absolute Gasteiger partial charge is 0.127 e. The molecule has 2 rings (SSSR count). The van der Waals surface area contributed by atoms with Gasteiger partial charge in [0.25, 0.3) is 0 Å². The Balaban J connectivity index is 1.58. The van der Waals surface area contributed by atoms with Gasteiger partial charge in [-0.25, -0.2) is 0 Å². The number of hydrogen-bond donors (Lipinski definition) is 3. The van der Waals surface area contributed by atoms with Gasteiger partial charge >= 0.3 is 0 Å². The number of aliphatic hydroxyl groups is 1. The van der Waals surface area contributed by atoms with Crippen LogP contribution in [0.4, 0.5) is 0 Å². The Morgan fingerprint density at radius 2 is 1.72 bits per heavy atom. The van der Waals surface area contributed by atoms with Crippen molar-refractivity contribution in [2.75, 3.05) is 59.1 Å². The predicted octanol–water partition coefficient (Wildman–Crippen LogP) is -0.630. The summed E-state index contributed by atoms with van der Waals surface area (Å²) in [6.45, 7) is 14.7. The molecule has 1 aromatic rings. The van der Waals surface area contributed by atoms with Crippen LogP contribution in [0, 0.1) is 0 Å². The largest absolute Gasteiger partial charge is 0.491 e. The van der Waals surface area contributed by atoms with Crippen LogP contribution in [0.1, 0.15) is 32.3 Å². The van der Waals surface area contributed by atoms with Crippen molar-refractivity contribution in [3.63, 3.8) is 0 Å². The lowest BCUT2D eigenvalue weighted by Crippen LogP contribution is -3.28. The van der Waals surface area contributed by atoms with Crippen LogP contribution >= 0.6 is 0 Å². The molecule has 1 aromatic carbocycles. The van der Waals surface area contributed by atoms with E-state index in [0.29, 0.717) is 25.7 Å². The minimum atomic E-state index is -0.388. The molecule has 0 aromatic heterocycles. The van der Waals surface area contributed by atoms with E-state index in [4.69, 9.17) is 9.47 Å². The molecule has 0 spiro atoms. The minimum Gasteiger partial charge on any atom is -0.491 e. The Labute approximate surface area is 152 Å². The maximum atomic E-state index is 10.2. The van der Waals surface area contributed by atoms with Crippen LogP contribution in [0.25, 0.3) is 0 Å². The topological polar surface area (TPSA) is 47.6 Å². The number of para-hydroxylation sites is 1. The molecular formula is C20H36N2O3+2.